The summed E-state index contributed by atoms with van der Waals surface area (Å²) < 4.78 is 10.2. The molecule has 0 saturated heterocycles. The summed E-state index contributed by atoms with van der Waals surface area (Å²) in [6.07, 6.45) is 1.17. The van der Waals surface area contributed by atoms with Gasteiger partial charge < -0.3 is 9.47 Å². The number of hydrogen-bond donors (Lipinski definition) is 0. The van der Waals surface area contributed by atoms with Crippen molar-refractivity contribution in [3.8, 4) is 0 Å². The van der Waals surface area contributed by atoms with Crippen molar-refractivity contribution in [2.24, 2.45) is 0 Å². The molecule has 0 aliphatic heterocycles. The van der Waals surface area contributed by atoms with Gasteiger partial charge in [-0.15, -0.1) is 0 Å². The van der Waals surface area contributed by atoms with E-state index in [9.17, 15) is 4.79 Å². The predicted octanol–water partition coefficient (Wildman–Crippen LogP) is 3.12. The SMILES string of the molecule is CCOCCOC(=O)CCc1c(C)cc(C)cc1C. The zero-order valence-corrected chi connectivity index (χ0v) is 12.4. The molecule has 1 aromatic carbocycles. The van der Waals surface area contributed by atoms with Crippen molar-refractivity contribution >= 4 is 5.97 Å². The second kappa shape index (κ2) is 7.95. The minimum Gasteiger partial charge on any atom is -0.463 e. The minimum absolute atomic E-state index is 0.154. The molecule has 0 N–H and O–H groups in total. The molecule has 19 heavy (non-hydrogen) atoms. The van der Waals surface area contributed by atoms with E-state index in [0.29, 0.717) is 26.2 Å². The Kier molecular flexibility index (Phi) is 6.57. The fourth-order valence-electron chi connectivity index (χ4n) is 2.26. The van der Waals surface area contributed by atoms with Crippen molar-refractivity contribution in [2.75, 3.05) is 19.8 Å². The van der Waals surface area contributed by atoms with Crippen molar-refractivity contribution in [3.05, 3.63) is 34.4 Å². The highest BCUT2D eigenvalue weighted by Gasteiger charge is 2.08. The van der Waals surface area contributed by atoms with Gasteiger partial charge in [-0.3, -0.25) is 4.79 Å². The number of rotatable bonds is 7. The molecule has 0 heterocycles. The number of aryl methyl sites for hydroxylation is 3. The molecule has 1 rings (SSSR count). The average molecular weight is 264 g/mol. The minimum atomic E-state index is -0.154. The van der Waals surface area contributed by atoms with Gasteiger partial charge >= 0.3 is 5.97 Å². The van der Waals surface area contributed by atoms with Gasteiger partial charge in [0.05, 0.1) is 6.61 Å². The Hall–Kier alpha value is -1.35. The molecule has 0 aliphatic rings. The summed E-state index contributed by atoms with van der Waals surface area (Å²) in [5.74, 6) is -0.154. The standard InChI is InChI=1S/C16H24O3/c1-5-18-8-9-19-16(17)7-6-15-13(3)10-12(2)11-14(15)4/h10-11H,5-9H2,1-4H3. The lowest BCUT2D eigenvalue weighted by Crippen LogP contribution is -2.11. The van der Waals surface area contributed by atoms with Gasteiger partial charge in [-0.2, -0.15) is 0 Å². The second-order valence-corrected chi connectivity index (χ2v) is 4.79. The Morgan fingerprint density at radius 3 is 2.32 bits per heavy atom. The van der Waals surface area contributed by atoms with Crippen LogP contribution >= 0.6 is 0 Å². The fraction of sp³-hybridized carbons (Fsp3) is 0.562. The zero-order chi connectivity index (χ0) is 14.3. The summed E-state index contributed by atoms with van der Waals surface area (Å²) in [6, 6.07) is 4.31. The molecule has 0 aliphatic carbocycles. The summed E-state index contributed by atoms with van der Waals surface area (Å²) >= 11 is 0. The zero-order valence-electron chi connectivity index (χ0n) is 12.4. The topological polar surface area (TPSA) is 35.5 Å². The van der Waals surface area contributed by atoms with Crippen LogP contribution in [0.3, 0.4) is 0 Å². The number of carbonyl (C=O) groups excluding carboxylic acids is 1. The molecule has 3 heteroatoms. The molecule has 3 nitrogen and oxygen atoms in total. The summed E-state index contributed by atoms with van der Waals surface area (Å²) in [7, 11) is 0. The van der Waals surface area contributed by atoms with Gasteiger partial charge in [0.25, 0.3) is 0 Å². The number of esters is 1. The van der Waals surface area contributed by atoms with Gasteiger partial charge in [0.15, 0.2) is 0 Å². The Morgan fingerprint density at radius 2 is 1.74 bits per heavy atom. The normalized spacial score (nSPS) is 10.5. The fourth-order valence-corrected chi connectivity index (χ4v) is 2.26. The molecule has 0 atom stereocenters. The van der Waals surface area contributed by atoms with Crippen LogP contribution in [0.2, 0.25) is 0 Å². The third-order valence-electron chi connectivity index (χ3n) is 3.11. The van der Waals surface area contributed by atoms with Crippen LogP contribution in [0.25, 0.3) is 0 Å². The van der Waals surface area contributed by atoms with E-state index in [2.05, 4.69) is 32.9 Å². The largest absolute Gasteiger partial charge is 0.463 e. The number of carbonyl (C=O) groups is 1. The summed E-state index contributed by atoms with van der Waals surface area (Å²) in [4.78, 5) is 11.6. The van der Waals surface area contributed by atoms with Gasteiger partial charge in [0.2, 0.25) is 0 Å². The van der Waals surface area contributed by atoms with Gasteiger partial charge in [-0.1, -0.05) is 17.7 Å². The first-order valence-electron chi connectivity index (χ1n) is 6.84. The van der Waals surface area contributed by atoms with Crippen molar-refractivity contribution in [3.63, 3.8) is 0 Å². The first-order chi connectivity index (χ1) is 9.04. The van der Waals surface area contributed by atoms with Crippen LogP contribution in [0.5, 0.6) is 0 Å². The average Bonchev–Trinajstić information content (AvgIpc) is 2.33. The molecule has 0 fully saturated rings. The first-order valence-corrected chi connectivity index (χ1v) is 6.84. The summed E-state index contributed by atoms with van der Waals surface area (Å²) in [5, 5.41) is 0. The summed E-state index contributed by atoms with van der Waals surface area (Å²) in [6.45, 7) is 9.67. The maximum absolute atomic E-state index is 11.6. The molecule has 0 bridgehead atoms. The lowest BCUT2D eigenvalue weighted by molar-refractivity contribution is -0.145. The molecule has 0 aromatic heterocycles. The van der Waals surface area contributed by atoms with E-state index in [1.807, 2.05) is 6.92 Å². The van der Waals surface area contributed by atoms with Crippen LogP contribution in [0.4, 0.5) is 0 Å². The van der Waals surface area contributed by atoms with Gasteiger partial charge in [0.1, 0.15) is 6.61 Å². The van der Waals surface area contributed by atoms with E-state index < -0.39 is 0 Å². The van der Waals surface area contributed by atoms with E-state index in [4.69, 9.17) is 9.47 Å². The van der Waals surface area contributed by atoms with Crippen molar-refractivity contribution in [1.29, 1.82) is 0 Å². The molecule has 106 valence electrons. The molecule has 0 unspecified atom stereocenters. The summed E-state index contributed by atoms with van der Waals surface area (Å²) in [5.41, 5.74) is 5.02. The number of ether oxygens (including phenoxy) is 2. The van der Waals surface area contributed by atoms with Crippen molar-refractivity contribution in [1.82, 2.24) is 0 Å². The van der Waals surface area contributed by atoms with E-state index in [0.717, 1.165) is 6.42 Å². The maximum Gasteiger partial charge on any atom is 0.306 e. The maximum atomic E-state index is 11.6. The first kappa shape index (κ1) is 15.7. The van der Waals surface area contributed by atoms with E-state index in [1.54, 1.807) is 0 Å². The molecule has 1 aromatic rings. The highest BCUT2D eigenvalue weighted by molar-refractivity contribution is 5.69. The monoisotopic (exact) mass is 264 g/mol. The molecule has 0 saturated carbocycles. The van der Waals surface area contributed by atoms with Gasteiger partial charge in [0, 0.05) is 13.0 Å². The Labute approximate surface area is 115 Å². The second-order valence-electron chi connectivity index (χ2n) is 4.79. The van der Waals surface area contributed by atoms with Crippen LogP contribution in [-0.4, -0.2) is 25.8 Å². The van der Waals surface area contributed by atoms with Crippen LogP contribution in [-0.2, 0) is 20.7 Å². The quantitative estimate of drug-likeness (QED) is 0.560. The van der Waals surface area contributed by atoms with E-state index in [-0.39, 0.29) is 5.97 Å². The third kappa shape index (κ3) is 5.43. The Balaban J connectivity index is 2.42. The molecular weight excluding hydrogens is 240 g/mol. The van der Waals surface area contributed by atoms with Crippen LogP contribution in [0, 0.1) is 20.8 Å². The third-order valence-corrected chi connectivity index (χ3v) is 3.11. The van der Waals surface area contributed by atoms with E-state index >= 15 is 0 Å². The van der Waals surface area contributed by atoms with Crippen molar-refractivity contribution < 1.29 is 14.3 Å². The van der Waals surface area contributed by atoms with Crippen LogP contribution in [0.15, 0.2) is 12.1 Å². The highest BCUT2D eigenvalue weighted by Crippen LogP contribution is 2.18. The predicted molar refractivity (Wildman–Crippen MR) is 76.4 cm³/mol. The Bertz CT molecular complexity index is 401. The molecule has 0 spiro atoms. The molecular formula is C16H24O3. The molecule has 0 radical (unpaired) electrons. The molecule has 0 amide bonds. The van der Waals surface area contributed by atoms with E-state index in [1.165, 1.54) is 22.3 Å². The number of hydrogen-bond acceptors (Lipinski definition) is 3. The smallest absolute Gasteiger partial charge is 0.306 e. The van der Waals surface area contributed by atoms with Crippen molar-refractivity contribution in [2.45, 2.75) is 40.5 Å². The number of benzene rings is 1. The lowest BCUT2D eigenvalue weighted by Gasteiger charge is -2.11. The van der Waals surface area contributed by atoms with Crippen LogP contribution in [0.1, 0.15) is 35.6 Å². The van der Waals surface area contributed by atoms with Gasteiger partial charge in [-0.25, -0.2) is 0 Å². The van der Waals surface area contributed by atoms with Crippen LogP contribution < -0.4 is 0 Å². The highest BCUT2D eigenvalue weighted by atomic mass is 16.6. The van der Waals surface area contributed by atoms with Gasteiger partial charge in [-0.05, 0) is 50.8 Å². The lowest BCUT2D eigenvalue weighted by atomic mass is 9.96. The Morgan fingerprint density at radius 1 is 1.11 bits per heavy atom.